The number of sulfonamides is 1. The van der Waals surface area contributed by atoms with E-state index < -0.39 is 16.1 Å². The van der Waals surface area contributed by atoms with E-state index in [0.29, 0.717) is 13.0 Å². The lowest BCUT2D eigenvalue weighted by atomic mass is 10.0. The molecule has 0 radical (unpaired) electrons. The average molecular weight is 375 g/mol. The molecule has 2 aromatic carbocycles. The van der Waals surface area contributed by atoms with Crippen molar-refractivity contribution in [3.63, 3.8) is 0 Å². The Hall–Kier alpha value is -2.18. The summed E-state index contributed by atoms with van der Waals surface area (Å²) in [6, 6.07) is 15.3. The van der Waals surface area contributed by atoms with Crippen molar-refractivity contribution >= 4 is 15.9 Å². The Morgan fingerprint density at radius 1 is 1.00 bits per heavy atom. The number of nitrogens with one attached hydrogen (secondary N) is 2. The Morgan fingerprint density at radius 2 is 1.62 bits per heavy atom. The first-order chi connectivity index (χ1) is 12.3. The summed E-state index contributed by atoms with van der Waals surface area (Å²) in [6.07, 6.45) is 0.422. The Balaban J connectivity index is 2.10. The van der Waals surface area contributed by atoms with Crippen molar-refractivity contribution in [2.24, 2.45) is 5.92 Å². The van der Waals surface area contributed by atoms with E-state index in [2.05, 4.69) is 10.0 Å². The summed E-state index contributed by atoms with van der Waals surface area (Å²) in [4.78, 5) is 12.7. The molecule has 0 aliphatic heterocycles. The summed E-state index contributed by atoms with van der Waals surface area (Å²) in [5.41, 5.74) is 1.94. The minimum Gasteiger partial charge on any atom is -0.351 e. The molecule has 0 aliphatic carbocycles. The standard InChI is InChI=1S/C20H26N2O3S/c1-15(2)13-19(20(23)21-14-17-7-5-4-6-8-17)22-26(24,25)18-11-9-16(3)10-12-18/h4-12,15,19,22H,13-14H2,1-3H3,(H,21,23)/t19-/m0/s1. The topological polar surface area (TPSA) is 75.3 Å². The smallest absolute Gasteiger partial charge is 0.241 e. The van der Waals surface area contributed by atoms with E-state index in [4.69, 9.17) is 0 Å². The van der Waals surface area contributed by atoms with E-state index in [1.54, 1.807) is 24.3 Å². The first-order valence-corrected chi connectivity index (χ1v) is 10.2. The lowest BCUT2D eigenvalue weighted by Crippen LogP contribution is -2.47. The number of hydrogen-bond donors (Lipinski definition) is 2. The molecule has 1 amide bonds. The third-order valence-corrected chi connectivity index (χ3v) is 5.45. The van der Waals surface area contributed by atoms with Crippen molar-refractivity contribution in [2.75, 3.05) is 0 Å². The molecule has 0 saturated heterocycles. The van der Waals surface area contributed by atoms with E-state index in [1.807, 2.05) is 51.1 Å². The van der Waals surface area contributed by atoms with Crippen LogP contribution < -0.4 is 10.0 Å². The van der Waals surface area contributed by atoms with Crippen molar-refractivity contribution in [1.82, 2.24) is 10.0 Å². The van der Waals surface area contributed by atoms with Crippen LogP contribution in [0.25, 0.3) is 0 Å². The van der Waals surface area contributed by atoms with Crippen LogP contribution in [-0.2, 0) is 21.4 Å². The van der Waals surface area contributed by atoms with Crippen molar-refractivity contribution in [3.05, 3.63) is 65.7 Å². The summed E-state index contributed by atoms with van der Waals surface area (Å²) in [5.74, 6) is -0.151. The predicted molar refractivity (Wildman–Crippen MR) is 103 cm³/mol. The fraction of sp³-hybridized carbons (Fsp3) is 0.350. The molecule has 5 nitrogen and oxygen atoms in total. The minimum atomic E-state index is -3.76. The normalized spacial score (nSPS) is 12.8. The van der Waals surface area contributed by atoms with E-state index in [1.165, 1.54) is 0 Å². The van der Waals surface area contributed by atoms with Gasteiger partial charge in [0.2, 0.25) is 15.9 Å². The van der Waals surface area contributed by atoms with E-state index >= 15 is 0 Å². The highest BCUT2D eigenvalue weighted by atomic mass is 32.2. The maximum absolute atomic E-state index is 12.6. The molecule has 0 heterocycles. The minimum absolute atomic E-state index is 0.160. The van der Waals surface area contributed by atoms with Crippen LogP contribution in [0, 0.1) is 12.8 Å². The number of hydrogen-bond acceptors (Lipinski definition) is 3. The summed E-state index contributed by atoms with van der Waals surface area (Å²) in [7, 11) is -3.76. The van der Waals surface area contributed by atoms with Crippen LogP contribution in [0.5, 0.6) is 0 Å². The van der Waals surface area contributed by atoms with E-state index in [0.717, 1.165) is 11.1 Å². The molecule has 0 spiro atoms. The Morgan fingerprint density at radius 3 is 2.19 bits per heavy atom. The fourth-order valence-corrected chi connectivity index (χ4v) is 3.77. The first kappa shape index (κ1) is 20.1. The van der Waals surface area contributed by atoms with Gasteiger partial charge in [-0.1, -0.05) is 61.9 Å². The van der Waals surface area contributed by atoms with Gasteiger partial charge in [-0.25, -0.2) is 8.42 Å². The van der Waals surface area contributed by atoms with Crippen LogP contribution in [0.4, 0.5) is 0 Å². The van der Waals surface area contributed by atoms with E-state index in [-0.39, 0.29) is 16.7 Å². The van der Waals surface area contributed by atoms with Crippen molar-refractivity contribution in [1.29, 1.82) is 0 Å². The number of carbonyl (C=O) groups is 1. The molecule has 0 aromatic heterocycles. The third kappa shape index (κ3) is 5.97. The van der Waals surface area contributed by atoms with Crippen LogP contribution in [-0.4, -0.2) is 20.4 Å². The second-order valence-corrected chi connectivity index (χ2v) is 8.53. The van der Waals surface area contributed by atoms with E-state index in [9.17, 15) is 13.2 Å². The van der Waals surface area contributed by atoms with Crippen LogP contribution in [0.2, 0.25) is 0 Å². The highest BCUT2D eigenvalue weighted by molar-refractivity contribution is 7.89. The van der Waals surface area contributed by atoms with Gasteiger partial charge in [0, 0.05) is 6.54 Å². The summed E-state index contributed by atoms with van der Waals surface area (Å²) in [5, 5.41) is 2.82. The SMILES string of the molecule is Cc1ccc(S(=O)(=O)N[C@@H](CC(C)C)C(=O)NCc2ccccc2)cc1. The number of rotatable bonds is 8. The van der Waals surface area contributed by atoms with Gasteiger partial charge in [-0.05, 0) is 37.0 Å². The third-order valence-electron chi connectivity index (χ3n) is 3.96. The molecular weight excluding hydrogens is 348 g/mol. The molecular formula is C20H26N2O3S. The molecule has 26 heavy (non-hydrogen) atoms. The van der Waals surface area contributed by atoms with Gasteiger partial charge in [-0.15, -0.1) is 0 Å². The molecule has 6 heteroatoms. The van der Waals surface area contributed by atoms with Crippen LogP contribution >= 0.6 is 0 Å². The number of benzene rings is 2. The Bertz CT molecular complexity index is 816. The zero-order valence-corrected chi connectivity index (χ0v) is 16.2. The quantitative estimate of drug-likeness (QED) is 0.746. The molecule has 140 valence electrons. The van der Waals surface area contributed by atoms with Crippen LogP contribution in [0.15, 0.2) is 59.5 Å². The lowest BCUT2D eigenvalue weighted by molar-refractivity contribution is -0.123. The number of amides is 1. The molecule has 2 N–H and O–H groups in total. The Labute approximate surface area is 155 Å². The number of aryl methyl sites for hydroxylation is 1. The zero-order chi connectivity index (χ0) is 19.2. The van der Waals surface area contributed by atoms with Crippen LogP contribution in [0.3, 0.4) is 0 Å². The maximum atomic E-state index is 12.6. The number of carbonyl (C=O) groups excluding carboxylic acids is 1. The highest BCUT2D eigenvalue weighted by Crippen LogP contribution is 2.13. The Kier molecular flexibility index (Phi) is 6.94. The van der Waals surface area contributed by atoms with Gasteiger partial charge in [-0.3, -0.25) is 4.79 Å². The lowest BCUT2D eigenvalue weighted by Gasteiger charge is -2.20. The van der Waals surface area contributed by atoms with Gasteiger partial charge in [0.15, 0.2) is 0 Å². The summed E-state index contributed by atoms with van der Waals surface area (Å²) < 4.78 is 27.8. The zero-order valence-electron chi connectivity index (χ0n) is 15.4. The monoisotopic (exact) mass is 374 g/mol. The van der Waals surface area contributed by atoms with Gasteiger partial charge in [0.1, 0.15) is 6.04 Å². The second-order valence-electron chi connectivity index (χ2n) is 6.82. The molecule has 0 unspecified atom stereocenters. The fourth-order valence-electron chi connectivity index (χ4n) is 2.56. The largest absolute Gasteiger partial charge is 0.351 e. The average Bonchev–Trinajstić information content (AvgIpc) is 2.60. The summed E-state index contributed by atoms with van der Waals surface area (Å²) >= 11 is 0. The molecule has 0 saturated carbocycles. The van der Waals surface area contributed by atoms with Crippen LogP contribution in [0.1, 0.15) is 31.4 Å². The van der Waals surface area contributed by atoms with Gasteiger partial charge in [-0.2, -0.15) is 4.72 Å². The summed E-state index contributed by atoms with van der Waals surface area (Å²) in [6.45, 7) is 6.16. The van der Waals surface area contributed by atoms with Gasteiger partial charge >= 0.3 is 0 Å². The van der Waals surface area contributed by atoms with Crippen molar-refractivity contribution < 1.29 is 13.2 Å². The van der Waals surface area contributed by atoms with Gasteiger partial charge in [0.25, 0.3) is 0 Å². The van der Waals surface area contributed by atoms with Crippen molar-refractivity contribution in [2.45, 2.75) is 44.7 Å². The maximum Gasteiger partial charge on any atom is 0.241 e. The van der Waals surface area contributed by atoms with Gasteiger partial charge in [0.05, 0.1) is 4.90 Å². The van der Waals surface area contributed by atoms with Gasteiger partial charge < -0.3 is 5.32 Å². The molecule has 0 bridgehead atoms. The molecule has 2 aromatic rings. The predicted octanol–water partition coefficient (Wildman–Crippen LogP) is 3.00. The molecule has 1 atom stereocenters. The van der Waals surface area contributed by atoms with Crippen molar-refractivity contribution in [3.8, 4) is 0 Å². The molecule has 0 fully saturated rings. The first-order valence-electron chi connectivity index (χ1n) is 8.68. The second kappa shape index (κ2) is 8.96. The highest BCUT2D eigenvalue weighted by Gasteiger charge is 2.26. The molecule has 0 aliphatic rings. The molecule has 2 rings (SSSR count).